The van der Waals surface area contributed by atoms with Crippen LogP contribution in [0.1, 0.15) is 40.3 Å². The molecule has 0 radical (unpaired) electrons. The molecule has 1 aromatic rings. The molecule has 0 aromatic carbocycles. The van der Waals surface area contributed by atoms with Crippen LogP contribution in [0.4, 0.5) is 5.95 Å². The van der Waals surface area contributed by atoms with Crippen molar-refractivity contribution in [2.75, 3.05) is 25.0 Å². The van der Waals surface area contributed by atoms with E-state index in [2.05, 4.69) is 47.9 Å². The maximum absolute atomic E-state index is 5.43. The molecule has 1 N–H and O–H groups in total. The first kappa shape index (κ1) is 16.7. The van der Waals surface area contributed by atoms with Gasteiger partial charge in [0.2, 0.25) is 11.8 Å². The lowest BCUT2D eigenvalue weighted by atomic mass is 10.2. The molecule has 0 spiro atoms. The molecule has 20 heavy (non-hydrogen) atoms. The Hall–Kier alpha value is -1.36. The number of rotatable bonds is 8. The van der Waals surface area contributed by atoms with Crippen molar-refractivity contribution in [1.29, 1.82) is 0 Å². The number of nitrogens with one attached hydrogen (secondary N) is 1. The third kappa shape index (κ3) is 5.33. The SMILES string of the molecule is CCOc1cc(C)nc(NCCN(C(C)C)C(C)C)n1. The van der Waals surface area contributed by atoms with Crippen molar-refractivity contribution in [2.45, 2.75) is 53.6 Å². The highest BCUT2D eigenvalue weighted by Gasteiger charge is 2.12. The summed E-state index contributed by atoms with van der Waals surface area (Å²) in [5.74, 6) is 1.27. The van der Waals surface area contributed by atoms with Gasteiger partial charge < -0.3 is 10.1 Å². The summed E-state index contributed by atoms with van der Waals surface area (Å²) in [4.78, 5) is 11.2. The highest BCUT2D eigenvalue weighted by atomic mass is 16.5. The van der Waals surface area contributed by atoms with Gasteiger partial charge in [-0.1, -0.05) is 0 Å². The van der Waals surface area contributed by atoms with E-state index in [-0.39, 0.29) is 0 Å². The zero-order valence-electron chi connectivity index (χ0n) is 13.6. The Balaban J connectivity index is 2.56. The topological polar surface area (TPSA) is 50.3 Å². The molecule has 1 heterocycles. The number of hydrogen-bond acceptors (Lipinski definition) is 5. The Morgan fingerprint density at radius 2 is 1.85 bits per heavy atom. The number of aromatic nitrogens is 2. The summed E-state index contributed by atoms with van der Waals surface area (Å²) in [5, 5.41) is 3.28. The first-order valence-corrected chi connectivity index (χ1v) is 7.42. The van der Waals surface area contributed by atoms with Crippen LogP contribution in [0.5, 0.6) is 5.88 Å². The van der Waals surface area contributed by atoms with Crippen LogP contribution in [0.25, 0.3) is 0 Å². The number of hydrogen-bond donors (Lipinski definition) is 1. The van der Waals surface area contributed by atoms with Crippen molar-refractivity contribution in [1.82, 2.24) is 14.9 Å². The summed E-state index contributed by atoms with van der Waals surface area (Å²) in [6.45, 7) is 15.2. The summed E-state index contributed by atoms with van der Waals surface area (Å²) in [6, 6.07) is 2.92. The largest absolute Gasteiger partial charge is 0.478 e. The van der Waals surface area contributed by atoms with Gasteiger partial charge in [0, 0.05) is 36.9 Å². The molecule has 1 aromatic heterocycles. The first-order valence-electron chi connectivity index (χ1n) is 7.42. The predicted molar refractivity (Wildman–Crippen MR) is 83.4 cm³/mol. The highest BCUT2D eigenvalue weighted by molar-refractivity contribution is 5.30. The molecule has 0 aliphatic carbocycles. The molecule has 0 saturated heterocycles. The van der Waals surface area contributed by atoms with E-state index < -0.39 is 0 Å². The van der Waals surface area contributed by atoms with Crippen molar-refractivity contribution < 1.29 is 4.74 Å². The molecule has 5 heteroatoms. The first-order chi connectivity index (χ1) is 9.43. The molecule has 0 amide bonds. The van der Waals surface area contributed by atoms with E-state index in [0.29, 0.717) is 30.5 Å². The van der Waals surface area contributed by atoms with Gasteiger partial charge >= 0.3 is 0 Å². The van der Waals surface area contributed by atoms with E-state index in [1.165, 1.54) is 0 Å². The molecular weight excluding hydrogens is 252 g/mol. The lowest BCUT2D eigenvalue weighted by Crippen LogP contribution is -2.40. The van der Waals surface area contributed by atoms with Gasteiger partial charge in [0.05, 0.1) is 6.61 Å². The average molecular weight is 280 g/mol. The van der Waals surface area contributed by atoms with Crippen molar-refractivity contribution in [3.63, 3.8) is 0 Å². The van der Waals surface area contributed by atoms with Crippen molar-refractivity contribution >= 4 is 5.95 Å². The van der Waals surface area contributed by atoms with Crippen molar-refractivity contribution in [2.24, 2.45) is 0 Å². The lowest BCUT2D eigenvalue weighted by molar-refractivity contribution is 0.182. The molecule has 1 rings (SSSR count). The predicted octanol–water partition coefficient (Wildman–Crippen LogP) is 2.71. The fourth-order valence-corrected chi connectivity index (χ4v) is 2.25. The molecule has 5 nitrogen and oxygen atoms in total. The minimum atomic E-state index is 0.536. The Kier molecular flexibility index (Phi) is 6.71. The number of ether oxygens (including phenoxy) is 1. The van der Waals surface area contributed by atoms with Crippen LogP contribution < -0.4 is 10.1 Å². The van der Waals surface area contributed by atoms with Crippen LogP contribution in [0.2, 0.25) is 0 Å². The molecule has 0 atom stereocenters. The second-order valence-corrected chi connectivity index (χ2v) is 5.46. The third-order valence-electron chi connectivity index (χ3n) is 3.10. The summed E-state index contributed by atoms with van der Waals surface area (Å²) in [5.41, 5.74) is 0.913. The van der Waals surface area contributed by atoms with Gasteiger partial charge in [0.15, 0.2) is 0 Å². The monoisotopic (exact) mass is 280 g/mol. The Bertz CT molecular complexity index is 399. The molecule has 0 unspecified atom stereocenters. The Labute approximate surface area is 122 Å². The van der Waals surface area contributed by atoms with E-state index in [0.717, 1.165) is 18.8 Å². The molecule has 0 aliphatic rings. The summed E-state index contributed by atoms with van der Waals surface area (Å²) >= 11 is 0. The van der Waals surface area contributed by atoms with Crippen LogP contribution in [0.3, 0.4) is 0 Å². The highest BCUT2D eigenvalue weighted by Crippen LogP contribution is 2.12. The Morgan fingerprint density at radius 3 is 2.40 bits per heavy atom. The zero-order valence-corrected chi connectivity index (χ0v) is 13.6. The van der Waals surface area contributed by atoms with Gasteiger partial charge in [-0.15, -0.1) is 0 Å². The zero-order chi connectivity index (χ0) is 15.1. The molecule has 0 aliphatic heterocycles. The number of anilines is 1. The van der Waals surface area contributed by atoms with Gasteiger partial charge in [-0.25, -0.2) is 4.98 Å². The van der Waals surface area contributed by atoms with Crippen LogP contribution >= 0.6 is 0 Å². The summed E-state index contributed by atoms with van der Waals surface area (Å²) in [6.07, 6.45) is 0. The minimum Gasteiger partial charge on any atom is -0.478 e. The number of nitrogens with zero attached hydrogens (tertiary/aromatic N) is 3. The van der Waals surface area contributed by atoms with Gasteiger partial charge in [-0.05, 0) is 41.5 Å². The second-order valence-electron chi connectivity index (χ2n) is 5.46. The normalized spacial score (nSPS) is 11.4. The summed E-state index contributed by atoms with van der Waals surface area (Å²) in [7, 11) is 0. The van der Waals surface area contributed by atoms with Crippen molar-refractivity contribution in [3.05, 3.63) is 11.8 Å². The van der Waals surface area contributed by atoms with Crippen LogP contribution in [-0.4, -0.2) is 46.6 Å². The standard InChI is InChI=1S/C15H28N4O/c1-7-20-14-10-13(6)17-15(18-14)16-8-9-19(11(2)3)12(4)5/h10-12H,7-9H2,1-6H3,(H,16,17,18). The van der Waals surface area contributed by atoms with Gasteiger partial charge in [0.1, 0.15) is 0 Å². The quantitative estimate of drug-likeness (QED) is 0.793. The number of aryl methyl sites for hydroxylation is 1. The third-order valence-corrected chi connectivity index (χ3v) is 3.10. The molecular formula is C15H28N4O. The fraction of sp³-hybridized carbons (Fsp3) is 0.733. The average Bonchev–Trinajstić information content (AvgIpc) is 2.33. The minimum absolute atomic E-state index is 0.536. The summed E-state index contributed by atoms with van der Waals surface area (Å²) < 4.78 is 5.43. The molecule has 114 valence electrons. The molecule has 0 saturated carbocycles. The second kappa shape index (κ2) is 8.04. The molecule has 0 bridgehead atoms. The maximum atomic E-state index is 5.43. The maximum Gasteiger partial charge on any atom is 0.226 e. The van der Waals surface area contributed by atoms with Gasteiger partial charge in [-0.2, -0.15) is 4.98 Å². The van der Waals surface area contributed by atoms with E-state index >= 15 is 0 Å². The van der Waals surface area contributed by atoms with E-state index in [4.69, 9.17) is 4.74 Å². The van der Waals surface area contributed by atoms with E-state index in [1.807, 2.05) is 19.9 Å². The van der Waals surface area contributed by atoms with Crippen LogP contribution in [0, 0.1) is 6.92 Å². The van der Waals surface area contributed by atoms with E-state index in [1.54, 1.807) is 0 Å². The van der Waals surface area contributed by atoms with Crippen LogP contribution in [-0.2, 0) is 0 Å². The van der Waals surface area contributed by atoms with Gasteiger partial charge in [-0.3, -0.25) is 4.90 Å². The van der Waals surface area contributed by atoms with Crippen molar-refractivity contribution in [3.8, 4) is 5.88 Å². The van der Waals surface area contributed by atoms with E-state index in [9.17, 15) is 0 Å². The van der Waals surface area contributed by atoms with Gasteiger partial charge in [0.25, 0.3) is 0 Å². The smallest absolute Gasteiger partial charge is 0.226 e. The Morgan fingerprint density at radius 1 is 1.20 bits per heavy atom. The lowest BCUT2D eigenvalue weighted by Gasteiger charge is -2.30. The molecule has 0 fully saturated rings. The fourth-order valence-electron chi connectivity index (χ4n) is 2.25. The van der Waals surface area contributed by atoms with Crippen LogP contribution in [0.15, 0.2) is 6.07 Å².